The number of carboxylic acid groups (broad SMARTS) is 3. The molecule has 0 aromatic heterocycles. The Morgan fingerprint density at radius 1 is 0.565 bits per heavy atom. The molecule has 0 heterocycles. The fourth-order valence-electron chi connectivity index (χ4n) is 3.69. The first-order chi connectivity index (χ1) is 21.2. The average Bonchev–Trinajstić information content (AvgIpc) is 2.97. The number of hydrogen-bond donors (Lipinski definition) is 3. The molecule has 13 heteroatoms. The van der Waals surface area contributed by atoms with E-state index in [0.29, 0.717) is 19.3 Å². The third kappa shape index (κ3) is 38.6. The summed E-state index contributed by atoms with van der Waals surface area (Å²) >= 11 is 0. The molecule has 0 aliphatic carbocycles. The van der Waals surface area contributed by atoms with Crippen molar-refractivity contribution in [3.63, 3.8) is 0 Å². The number of nitrogens with one attached hydrogen (secondary N) is 1. The number of carbonyl (C=O) groups is 4. The van der Waals surface area contributed by atoms with Crippen molar-refractivity contribution < 1.29 is 94.1 Å². The number of nitrogens with zero attached hydrogens (tertiary/aromatic N) is 2. The number of rotatable bonds is 24. The van der Waals surface area contributed by atoms with E-state index in [-0.39, 0.29) is 67.1 Å². The molecule has 0 aliphatic rings. The van der Waals surface area contributed by atoms with Crippen LogP contribution < -0.4 is 20.6 Å². The van der Waals surface area contributed by atoms with Gasteiger partial charge in [0.05, 0.1) is 12.0 Å². The first-order valence-electron chi connectivity index (χ1n) is 16.7. The fraction of sp³-hybridized carbons (Fsp3) is 0.818. The average molecular weight is 795 g/mol. The van der Waals surface area contributed by atoms with Crippen LogP contribution in [0, 0.1) is 49.4 Å². The second-order valence-corrected chi connectivity index (χ2v) is 11.2. The van der Waals surface area contributed by atoms with Crippen molar-refractivity contribution in [3.8, 4) is 0 Å². The van der Waals surface area contributed by atoms with Gasteiger partial charge in [0, 0.05) is 6.42 Å². The zero-order valence-corrected chi connectivity index (χ0v) is 31.4. The van der Waals surface area contributed by atoms with Crippen molar-refractivity contribution >= 4 is 35.6 Å². The third-order valence-electron chi connectivity index (χ3n) is 6.62. The monoisotopic (exact) mass is 795 g/mol. The van der Waals surface area contributed by atoms with Gasteiger partial charge in [-0.1, -0.05) is 97.8 Å². The molecular weight excluding hydrogens is 734 g/mol. The predicted octanol–water partition coefficient (Wildman–Crippen LogP) is 3.76. The number of carbonyl (C=O) groups excluding carboxylic acids is 2. The van der Waals surface area contributed by atoms with E-state index in [2.05, 4.69) is 36.1 Å². The predicted molar refractivity (Wildman–Crippen MR) is 172 cm³/mol. The Morgan fingerprint density at radius 3 is 1.24 bits per heavy atom. The van der Waals surface area contributed by atoms with Gasteiger partial charge in [-0.15, -0.1) is 0 Å². The smallest absolute Gasteiger partial charge is 0.862 e. The van der Waals surface area contributed by atoms with Gasteiger partial charge in [-0.05, 0) is 64.7 Å². The molecule has 0 unspecified atom stereocenters. The van der Waals surface area contributed by atoms with Crippen LogP contribution in [0.5, 0.6) is 0 Å². The van der Waals surface area contributed by atoms with Crippen molar-refractivity contribution in [1.29, 1.82) is 0 Å². The minimum absolute atomic E-state index is 0. The second kappa shape index (κ2) is 36.2. The summed E-state index contributed by atoms with van der Waals surface area (Å²) in [6, 6.07) is -2.71. The molecule has 0 saturated carbocycles. The number of hydrogen-bond acceptors (Lipinski definition) is 9. The molecule has 0 aromatic rings. The molecule has 3 atom stereocenters. The Bertz CT molecular complexity index is 808. The van der Waals surface area contributed by atoms with E-state index in [1.54, 1.807) is 0 Å². The van der Waals surface area contributed by atoms with E-state index in [1.165, 1.54) is 59.3 Å². The molecule has 12 nitrogen and oxygen atoms in total. The Morgan fingerprint density at radius 2 is 0.913 bits per heavy atom. The molecule has 0 aliphatic heterocycles. The first kappa shape index (κ1) is 51.2. The molecule has 0 saturated heterocycles. The SMILES string of the molecule is CCCCCCCC(=O)N[C@H](C)C(=O)O.CCCCCCCC([O-])=N[C@H](C)C(=O)O.CCCCCCCC([O-])=N[C@H](C)C(=O)[O-].[Eu+3]. The van der Waals surface area contributed by atoms with E-state index in [9.17, 15) is 34.5 Å². The van der Waals surface area contributed by atoms with Crippen LogP contribution in [-0.2, 0) is 19.2 Å². The van der Waals surface area contributed by atoms with E-state index in [4.69, 9.17) is 10.2 Å². The van der Waals surface area contributed by atoms with Crippen LogP contribution in [0.3, 0.4) is 0 Å². The molecule has 0 spiro atoms. The van der Waals surface area contributed by atoms with Gasteiger partial charge in [0.2, 0.25) is 5.91 Å². The van der Waals surface area contributed by atoms with Crippen LogP contribution in [0.25, 0.3) is 0 Å². The molecule has 1 amide bonds. The van der Waals surface area contributed by atoms with Crippen molar-refractivity contribution in [1.82, 2.24) is 5.32 Å². The Hall–Kier alpha value is -1.60. The Kier molecular flexibility index (Phi) is 40.4. The van der Waals surface area contributed by atoms with Gasteiger partial charge in [-0.25, -0.2) is 4.79 Å². The fourth-order valence-corrected chi connectivity index (χ4v) is 3.69. The zero-order chi connectivity index (χ0) is 35.0. The van der Waals surface area contributed by atoms with Gasteiger partial charge in [-0.2, -0.15) is 0 Å². The third-order valence-corrected chi connectivity index (χ3v) is 6.62. The number of amides is 1. The van der Waals surface area contributed by atoms with Crippen LogP contribution in [0.4, 0.5) is 0 Å². The summed E-state index contributed by atoms with van der Waals surface area (Å²) in [5.41, 5.74) is 0. The van der Waals surface area contributed by atoms with Gasteiger partial charge >= 0.3 is 61.3 Å². The summed E-state index contributed by atoms with van der Waals surface area (Å²) in [4.78, 5) is 49.4. The summed E-state index contributed by atoms with van der Waals surface area (Å²) in [6.07, 6.45) is 17.2. The molecule has 0 fully saturated rings. The van der Waals surface area contributed by atoms with Crippen LogP contribution in [0.2, 0.25) is 0 Å². The maximum absolute atomic E-state index is 11.2. The summed E-state index contributed by atoms with van der Waals surface area (Å²) in [5, 5.41) is 52.1. The molecule has 3 N–H and O–H groups in total. The number of aliphatic imine (C=N–C) groups is 2. The second-order valence-electron chi connectivity index (χ2n) is 11.2. The summed E-state index contributed by atoms with van der Waals surface area (Å²) < 4.78 is 0. The molecular formula is C33H60EuN3O9. The van der Waals surface area contributed by atoms with E-state index in [1.807, 2.05) is 0 Å². The van der Waals surface area contributed by atoms with Crippen LogP contribution >= 0.6 is 0 Å². The van der Waals surface area contributed by atoms with Crippen LogP contribution in [0.1, 0.15) is 157 Å². The van der Waals surface area contributed by atoms with Gasteiger partial charge in [0.15, 0.2) is 0 Å². The molecule has 268 valence electrons. The van der Waals surface area contributed by atoms with Crippen LogP contribution in [-0.4, -0.2) is 63.9 Å². The minimum atomic E-state index is -1.30. The van der Waals surface area contributed by atoms with E-state index < -0.39 is 36.0 Å². The van der Waals surface area contributed by atoms with E-state index in [0.717, 1.165) is 57.8 Å². The standard InChI is InChI=1S/3C11H21NO3.Eu/c3*1-3-4-5-6-7-8-10(13)12-9(2)11(14)15;/h3*9H,3-8H2,1-2H3,(H,12,13)(H,14,15);/q;;;+3/p-3/t3*9-;/m111./s1. The summed E-state index contributed by atoms with van der Waals surface area (Å²) in [6.45, 7) is 10.6. The zero-order valence-electron chi connectivity index (χ0n) is 29.0. The summed E-state index contributed by atoms with van der Waals surface area (Å²) in [7, 11) is 0. The van der Waals surface area contributed by atoms with Crippen molar-refractivity contribution in [2.24, 2.45) is 9.98 Å². The van der Waals surface area contributed by atoms with Gasteiger partial charge in [0.25, 0.3) is 0 Å². The molecule has 0 radical (unpaired) electrons. The first-order valence-corrected chi connectivity index (χ1v) is 16.7. The maximum Gasteiger partial charge on any atom is 3.00 e. The number of carboxylic acids is 3. The van der Waals surface area contributed by atoms with Crippen molar-refractivity contribution in [2.45, 2.75) is 175 Å². The largest absolute Gasteiger partial charge is 3.00 e. The van der Waals surface area contributed by atoms with E-state index >= 15 is 0 Å². The molecule has 0 rings (SSSR count). The van der Waals surface area contributed by atoms with Gasteiger partial charge < -0.3 is 35.6 Å². The molecule has 0 bridgehead atoms. The van der Waals surface area contributed by atoms with Crippen molar-refractivity contribution in [3.05, 3.63) is 0 Å². The maximum atomic E-state index is 11.2. The number of aliphatic carboxylic acids is 3. The summed E-state index contributed by atoms with van der Waals surface area (Å²) in [5.74, 6) is -4.12. The number of unbranched alkanes of at least 4 members (excludes halogenated alkanes) is 12. The Labute approximate surface area is 317 Å². The molecule has 0 aromatic carbocycles. The topological polar surface area (TPSA) is 215 Å². The normalized spacial score (nSPS) is 13.0. The minimum Gasteiger partial charge on any atom is -0.862 e. The Balaban J connectivity index is -0.000000285. The van der Waals surface area contributed by atoms with Gasteiger partial charge in [0.1, 0.15) is 12.1 Å². The quantitative estimate of drug-likeness (QED) is 0.0736. The molecule has 46 heavy (non-hydrogen) atoms. The van der Waals surface area contributed by atoms with Crippen LogP contribution in [0.15, 0.2) is 9.98 Å². The van der Waals surface area contributed by atoms with Gasteiger partial charge in [-0.3, -0.25) is 19.6 Å². The van der Waals surface area contributed by atoms with Crippen molar-refractivity contribution in [2.75, 3.05) is 0 Å².